The molecular formula is C14H19BrN2O2. The molecular weight excluding hydrogens is 308 g/mol. The number of hydrogen-bond donors (Lipinski definition) is 1. The lowest BCUT2D eigenvalue weighted by Crippen LogP contribution is -2.37. The number of nitrogens with one attached hydrogen (secondary N) is 1. The van der Waals surface area contributed by atoms with E-state index in [2.05, 4.69) is 26.2 Å². The van der Waals surface area contributed by atoms with E-state index in [1.165, 1.54) is 0 Å². The monoisotopic (exact) mass is 326 g/mol. The number of halogens is 1. The van der Waals surface area contributed by atoms with Crippen LogP contribution in [0.2, 0.25) is 0 Å². The van der Waals surface area contributed by atoms with Gasteiger partial charge >= 0.3 is 5.97 Å². The van der Waals surface area contributed by atoms with Gasteiger partial charge in [0.15, 0.2) is 0 Å². The first-order chi connectivity index (χ1) is 9.16. The van der Waals surface area contributed by atoms with Crippen molar-refractivity contribution in [2.24, 2.45) is 5.41 Å². The van der Waals surface area contributed by atoms with E-state index in [0.29, 0.717) is 13.2 Å². The van der Waals surface area contributed by atoms with Crippen molar-refractivity contribution >= 4 is 27.7 Å². The second kappa shape index (κ2) is 6.37. The van der Waals surface area contributed by atoms with E-state index >= 15 is 0 Å². The first-order valence-electron chi connectivity index (χ1n) is 6.69. The van der Waals surface area contributed by atoms with Crippen molar-refractivity contribution in [2.75, 3.05) is 18.5 Å². The van der Waals surface area contributed by atoms with Crippen LogP contribution in [0, 0.1) is 5.41 Å². The van der Waals surface area contributed by atoms with Gasteiger partial charge in [-0.15, -0.1) is 0 Å². The largest absolute Gasteiger partial charge is 0.466 e. The van der Waals surface area contributed by atoms with Crippen LogP contribution in [0.5, 0.6) is 0 Å². The highest BCUT2D eigenvalue weighted by Crippen LogP contribution is 2.39. The molecule has 0 aliphatic heterocycles. The molecule has 0 radical (unpaired) electrons. The Labute approximate surface area is 122 Å². The number of carbonyl (C=O) groups is 1. The summed E-state index contributed by atoms with van der Waals surface area (Å²) in [6, 6.07) is 3.79. The maximum absolute atomic E-state index is 12.2. The summed E-state index contributed by atoms with van der Waals surface area (Å²) in [6.45, 7) is 2.88. The van der Waals surface area contributed by atoms with Crippen LogP contribution in [0.15, 0.2) is 22.8 Å². The van der Waals surface area contributed by atoms with E-state index in [9.17, 15) is 4.79 Å². The Hall–Kier alpha value is -1.10. The highest BCUT2D eigenvalue weighted by molar-refractivity contribution is 9.10. The van der Waals surface area contributed by atoms with E-state index in [4.69, 9.17) is 4.74 Å². The van der Waals surface area contributed by atoms with Crippen LogP contribution >= 0.6 is 15.9 Å². The number of carbonyl (C=O) groups excluding carboxylic acids is 1. The number of aromatic nitrogens is 1. The average molecular weight is 327 g/mol. The van der Waals surface area contributed by atoms with Gasteiger partial charge in [0.05, 0.1) is 12.0 Å². The number of pyridine rings is 1. The summed E-state index contributed by atoms with van der Waals surface area (Å²) in [4.78, 5) is 16.4. The molecule has 1 aromatic heterocycles. The van der Waals surface area contributed by atoms with Gasteiger partial charge in [-0.2, -0.15) is 0 Å². The van der Waals surface area contributed by atoms with E-state index in [-0.39, 0.29) is 11.4 Å². The van der Waals surface area contributed by atoms with Crippen LogP contribution in [0.4, 0.5) is 5.82 Å². The van der Waals surface area contributed by atoms with Gasteiger partial charge in [-0.3, -0.25) is 4.79 Å². The summed E-state index contributed by atoms with van der Waals surface area (Å²) in [7, 11) is 0. The van der Waals surface area contributed by atoms with Crippen molar-refractivity contribution in [3.8, 4) is 0 Å². The second-order valence-electron chi connectivity index (χ2n) is 4.92. The third kappa shape index (κ3) is 3.47. The third-order valence-corrected chi connectivity index (χ3v) is 4.09. The van der Waals surface area contributed by atoms with Gasteiger partial charge in [-0.05, 0) is 31.9 Å². The lowest BCUT2D eigenvalue weighted by Gasteiger charge is -2.26. The molecule has 1 saturated carbocycles. The van der Waals surface area contributed by atoms with Crippen LogP contribution in [0.25, 0.3) is 0 Å². The number of ether oxygens (including phenoxy) is 1. The topological polar surface area (TPSA) is 51.2 Å². The minimum atomic E-state index is -0.375. The minimum Gasteiger partial charge on any atom is -0.466 e. The van der Waals surface area contributed by atoms with E-state index < -0.39 is 0 Å². The molecule has 1 heterocycles. The Kier molecular flexibility index (Phi) is 4.80. The van der Waals surface area contributed by atoms with E-state index in [1.54, 1.807) is 6.20 Å². The zero-order valence-corrected chi connectivity index (χ0v) is 12.7. The molecule has 0 bridgehead atoms. The molecule has 0 spiro atoms. The zero-order chi connectivity index (χ0) is 13.7. The number of nitrogens with zero attached hydrogens (tertiary/aromatic N) is 1. The SMILES string of the molecule is CCOC(=O)C1(CNc2cc(Br)ccn2)CCCC1. The minimum absolute atomic E-state index is 0.0741. The molecule has 0 aromatic carbocycles. The summed E-state index contributed by atoms with van der Waals surface area (Å²) in [6.07, 6.45) is 5.70. The summed E-state index contributed by atoms with van der Waals surface area (Å²) >= 11 is 3.41. The standard InChI is InChI=1S/C14H19BrN2O2/c1-2-19-13(18)14(6-3-4-7-14)10-17-12-9-11(15)5-8-16-12/h5,8-9H,2-4,6-7,10H2,1H3,(H,16,17). The third-order valence-electron chi connectivity index (χ3n) is 3.60. The summed E-state index contributed by atoms with van der Waals surface area (Å²) in [5, 5.41) is 3.27. The summed E-state index contributed by atoms with van der Waals surface area (Å²) < 4.78 is 6.21. The second-order valence-corrected chi connectivity index (χ2v) is 5.84. The molecule has 4 nitrogen and oxygen atoms in total. The maximum Gasteiger partial charge on any atom is 0.313 e. The first kappa shape index (κ1) is 14.3. The molecule has 1 aromatic rings. The molecule has 0 unspecified atom stereocenters. The van der Waals surface area contributed by atoms with Crippen molar-refractivity contribution < 1.29 is 9.53 Å². The van der Waals surface area contributed by atoms with Crippen LogP contribution in [0.3, 0.4) is 0 Å². The van der Waals surface area contributed by atoms with Crippen molar-refractivity contribution in [3.63, 3.8) is 0 Å². The van der Waals surface area contributed by atoms with Gasteiger partial charge in [0, 0.05) is 17.2 Å². The van der Waals surface area contributed by atoms with Gasteiger partial charge in [0.25, 0.3) is 0 Å². The van der Waals surface area contributed by atoms with E-state index in [1.807, 2.05) is 19.1 Å². The fourth-order valence-corrected chi connectivity index (χ4v) is 2.89. The molecule has 1 aliphatic rings. The predicted octanol–water partition coefficient (Wildman–Crippen LogP) is 3.38. The highest BCUT2D eigenvalue weighted by atomic mass is 79.9. The van der Waals surface area contributed by atoms with Gasteiger partial charge in [0.1, 0.15) is 5.82 Å². The molecule has 5 heteroatoms. The normalized spacial score (nSPS) is 17.2. The summed E-state index contributed by atoms with van der Waals surface area (Å²) in [5.41, 5.74) is -0.375. The lowest BCUT2D eigenvalue weighted by molar-refractivity contribution is -0.154. The Balaban J connectivity index is 2.03. The van der Waals surface area contributed by atoms with Crippen molar-refractivity contribution in [2.45, 2.75) is 32.6 Å². The molecule has 19 heavy (non-hydrogen) atoms. The molecule has 2 rings (SSSR count). The Morgan fingerprint density at radius 3 is 2.89 bits per heavy atom. The van der Waals surface area contributed by atoms with Crippen LogP contribution in [-0.4, -0.2) is 24.1 Å². The predicted molar refractivity (Wildman–Crippen MR) is 78.0 cm³/mol. The molecule has 1 N–H and O–H groups in total. The smallest absolute Gasteiger partial charge is 0.313 e. The Morgan fingerprint density at radius 1 is 1.53 bits per heavy atom. The zero-order valence-electron chi connectivity index (χ0n) is 11.1. The van der Waals surface area contributed by atoms with Crippen molar-refractivity contribution in [1.29, 1.82) is 0 Å². The van der Waals surface area contributed by atoms with Crippen LogP contribution < -0.4 is 5.32 Å². The van der Waals surface area contributed by atoms with Gasteiger partial charge < -0.3 is 10.1 Å². The molecule has 0 saturated heterocycles. The van der Waals surface area contributed by atoms with Crippen molar-refractivity contribution in [1.82, 2.24) is 4.98 Å². The maximum atomic E-state index is 12.2. The molecule has 1 aliphatic carbocycles. The van der Waals surface area contributed by atoms with Gasteiger partial charge in [0.2, 0.25) is 0 Å². The van der Waals surface area contributed by atoms with Gasteiger partial charge in [-0.25, -0.2) is 4.98 Å². The van der Waals surface area contributed by atoms with E-state index in [0.717, 1.165) is 36.0 Å². The number of rotatable bonds is 5. The molecule has 0 amide bonds. The Morgan fingerprint density at radius 2 is 2.26 bits per heavy atom. The number of esters is 1. The molecule has 1 fully saturated rings. The quantitative estimate of drug-likeness (QED) is 0.843. The molecule has 104 valence electrons. The Bertz CT molecular complexity index is 445. The average Bonchev–Trinajstić information content (AvgIpc) is 2.87. The fraction of sp³-hybridized carbons (Fsp3) is 0.571. The number of hydrogen-bond acceptors (Lipinski definition) is 4. The lowest BCUT2D eigenvalue weighted by atomic mass is 9.86. The molecule has 0 atom stereocenters. The van der Waals surface area contributed by atoms with Crippen LogP contribution in [-0.2, 0) is 9.53 Å². The number of anilines is 1. The fourth-order valence-electron chi connectivity index (χ4n) is 2.55. The van der Waals surface area contributed by atoms with Crippen molar-refractivity contribution in [3.05, 3.63) is 22.8 Å². The van der Waals surface area contributed by atoms with Gasteiger partial charge in [-0.1, -0.05) is 28.8 Å². The summed E-state index contributed by atoms with van der Waals surface area (Å²) in [5.74, 6) is 0.708. The highest BCUT2D eigenvalue weighted by Gasteiger charge is 2.42. The first-order valence-corrected chi connectivity index (χ1v) is 7.48. The van der Waals surface area contributed by atoms with Crippen LogP contribution in [0.1, 0.15) is 32.6 Å².